The molecule has 0 saturated carbocycles. The zero-order valence-electron chi connectivity index (χ0n) is 6.62. The van der Waals surface area contributed by atoms with E-state index in [-0.39, 0.29) is 0 Å². The van der Waals surface area contributed by atoms with Gasteiger partial charge in [-0.15, -0.1) is 5.10 Å². The van der Waals surface area contributed by atoms with E-state index >= 15 is 0 Å². The second-order valence-electron chi connectivity index (χ2n) is 2.69. The Hall–Kier alpha value is -2.04. The molecular formula is C8H5N5. The summed E-state index contributed by atoms with van der Waals surface area (Å²) in [4.78, 5) is 8.31. The molecule has 1 aromatic rings. The Labute approximate surface area is 73.4 Å². The maximum absolute atomic E-state index is 4.22. The Morgan fingerprint density at radius 3 is 3.31 bits per heavy atom. The number of hydrogen-bond donors (Lipinski definition) is 0. The third-order valence-corrected chi connectivity index (χ3v) is 1.85. The first-order valence-corrected chi connectivity index (χ1v) is 3.84. The first kappa shape index (κ1) is 6.47. The van der Waals surface area contributed by atoms with E-state index in [1.807, 2.05) is 22.9 Å². The predicted molar refractivity (Wildman–Crippen MR) is 45.2 cm³/mol. The highest BCUT2D eigenvalue weighted by Crippen LogP contribution is 2.14. The molecule has 2 aliphatic rings. The summed E-state index contributed by atoms with van der Waals surface area (Å²) in [5.74, 6) is 1.27. The van der Waals surface area contributed by atoms with Crippen LogP contribution in [0.3, 0.4) is 0 Å². The van der Waals surface area contributed by atoms with Gasteiger partial charge < -0.3 is 0 Å². The average Bonchev–Trinajstić information content (AvgIpc) is 2.61. The number of aromatic nitrogens is 5. The van der Waals surface area contributed by atoms with Gasteiger partial charge in [0.15, 0.2) is 5.82 Å². The largest absolute Gasteiger partial charge is 0.292 e. The molecule has 0 atom stereocenters. The Morgan fingerprint density at radius 1 is 1.31 bits per heavy atom. The van der Waals surface area contributed by atoms with Crippen LogP contribution >= 0.6 is 0 Å². The van der Waals surface area contributed by atoms with Gasteiger partial charge in [0, 0.05) is 18.6 Å². The molecule has 0 aromatic carbocycles. The standard InChI is InChI=1S/C8H5N5/c1-2-9-8-11-7-6(4-10-12-7)5-13(8)3-1/h1-5H. The van der Waals surface area contributed by atoms with Crippen LogP contribution < -0.4 is 0 Å². The van der Waals surface area contributed by atoms with Gasteiger partial charge in [-0.3, -0.25) is 4.40 Å². The number of hydrogen-bond acceptors (Lipinski definition) is 4. The molecule has 0 spiro atoms. The van der Waals surface area contributed by atoms with Gasteiger partial charge >= 0.3 is 0 Å². The molecule has 0 radical (unpaired) electrons. The summed E-state index contributed by atoms with van der Waals surface area (Å²) in [6.07, 6.45) is 7.18. The van der Waals surface area contributed by atoms with Crippen LogP contribution in [0.15, 0.2) is 30.9 Å². The van der Waals surface area contributed by atoms with Crippen molar-refractivity contribution < 1.29 is 0 Å². The molecule has 5 heteroatoms. The fourth-order valence-electron chi connectivity index (χ4n) is 1.25. The summed E-state index contributed by atoms with van der Waals surface area (Å²) in [6, 6.07) is 1.85. The Bertz CT molecular complexity index is 482. The van der Waals surface area contributed by atoms with Crippen LogP contribution in [-0.2, 0) is 0 Å². The molecule has 3 rings (SSSR count). The van der Waals surface area contributed by atoms with E-state index in [1.165, 1.54) is 0 Å². The highest BCUT2D eigenvalue weighted by atomic mass is 15.2. The minimum Gasteiger partial charge on any atom is -0.292 e. The lowest BCUT2D eigenvalue weighted by molar-refractivity contribution is 1.01. The number of fused-ring (bicyclic) bond motifs is 2. The molecule has 0 aliphatic carbocycles. The zero-order valence-corrected chi connectivity index (χ0v) is 6.62. The Morgan fingerprint density at radius 2 is 2.31 bits per heavy atom. The van der Waals surface area contributed by atoms with Crippen LogP contribution in [-0.4, -0.2) is 24.6 Å². The molecule has 5 nitrogen and oxygen atoms in total. The quantitative estimate of drug-likeness (QED) is 0.497. The lowest BCUT2D eigenvalue weighted by Crippen LogP contribution is -1.96. The van der Waals surface area contributed by atoms with Crippen LogP contribution in [0, 0.1) is 0 Å². The molecule has 0 amide bonds. The van der Waals surface area contributed by atoms with Gasteiger partial charge in [0.1, 0.15) is 0 Å². The molecule has 13 heavy (non-hydrogen) atoms. The molecule has 0 N–H and O–H groups in total. The molecule has 2 aliphatic heterocycles. The zero-order chi connectivity index (χ0) is 8.67. The van der Waals surface area contributed by atoms with Crippen molar-refractivity contribution in [3.63, 3.8) is 0 Å². The first-order chi connectivity index (χ1) is 6.43. The fourth-order valence-corrected chi connectivity index (χ4v) is 1.25. The number of nitrogens with zero attached hydrogens (tertiary/aromatic N) is 5. The van der Waals surface area contributed by atoms with Gasteiger partial charge in [0.25, 0.3) is 0 Å². The monoisotopic (exact) mass is 171 g/mol. The molecule has 3 heterocycles. The minimum absolute atomic E-state index is 0.635. The summed E-state index contributed by atoms with van der Waals surface area (Å²) in [6.45, 7) is 0. The molecule has 62 valence electrons. The van der Waals surface area contributed by atoms with Gasteiger partial charge in [-0.2, -0.15) is 10.1 Å². The van der Waals surface area contributed by atoms with E-state index in [9.17, 15) is 0 Å². The normalized spacial score (nSPS) is 11.1. The molecular weight excluding hydrogens is 166 g/mol. The van der Waals surface area contributed by atoms with Crippen molar-refractivity contribution in [2.24, 2.45) is 0 Å². The van der Waals surface area contributed by atoms with Crippen molar-refractivity contribution in [1.29, 1.82) is 0 Å². The van der Waals surface area contributed by atoms with E-state index < -0.39 is 0 Å². The summed E-state index contributed by atoms with van der Waals surface area (Å²) in [5, 5.41) is 7.63. The van der Waals surface area contributed by atoms with Crippen LogP contribution in [0.2, 0.25) is 0 Å². The van der Waals surface area contributed by atoms with E-state index in [0.29, 0.717) is 11.6 Å². The van der Waals surface area contributed by atoms with Gasteiger partial charge in [-0.1, -0.05) is 0 Å². The molecule has 0 bridgehead atoms. The maximum Gasteiger partial charge on any atom is 0.235 e. The van der Waals surface area contributed by atoms with Crippen LogP contribution in [0.25, 0.3) is 17.2 Å². The van der Waals surface area contributed by atoms with Gasteiger partial charge in [-0.25, -0.2) is 4.98 Å². The van der Waals surface area contributed by atoms with Crippen molar-refractivity contribution in [1.82, 2.24) is 24.6 Å². The summed E-state index contributed by atoms with van der Waals surface area (Å²) >= 11 is 0. The molecule has 1 aromatic heterocycles. The van der Waals surface area contributed by atoms with Crippen molar-refractivity contribution in [2.45, 2.75) is 0 Å². The topological polar surface area (TPSA) is 56.0 Å². The average molecular weight is 171 g/mol. The SMILES string of the molecule is c1cnc2nc3nncc-3cn2c1. The minimum atomic E-state index is 0.635. The van der Waals surface area contributed by atoms with Crippen molar-refractivity contribution in [3.05, 3.63) is 30.9 Å². The molecule has 0 saturated heterocycles. The number of rotatable bonds is 0. The summed E-state index contributed by atoms with van der Waals surface area (Å²) in [5.41, 5.74) is 0.922. The van der Waals surface area contributed by atoms with E-state index in [0.717, 1.165) is 5.56 Å². The lowest BCUT2D eigenvalue weighted by Gasteiger charge is -2.00. The van der Waals surface area contributed by atoms with E-state index in [2.05, 4.69) is 20.2 Å². The third kappa shape index (κ3) is 0.868. The fraction of sp³-hybridized carbons (Fsp3) is 0. The highest BCUT2D eigenvalue weighted by Gasteiger charge is 2.07. The van der Waals surface area contributed by atoms with Crippen molar-refractivity contribution in [2.75, 3.05) is 0 Å². The van der Waals surface area contributed by atoms with Gasteiger partial charge in [-0.05, 0) is 6.07 Å². The van der Waals surface area contributed by atoms with Crippen LogP contribution in [0.5, 0.6) is 0 Å². The smallest absolute Gasteiger partial charge is 0.235 e. The van der Waals surface area contributed by atoms with Gasteiger partial charge in [0.2, 0.25) is 5.78 Å². The van der Waals surface area contributed by atoms with Crippen LogP contribution in [0.4, 0.5) is 0 Å². The Balaban J connectivity index is 2.52. The van der Waals surface area contributed by atoms with E-state index in [4.69, 9.17) is 0 Å². The highest BCUT2D eigenvalue weighted by molar-refractivity contribution is 5.56. The van der Waals surface area contributed by atoms with E-state index in [1.54, 1.807) is 12.4 Å². The van der Waals surface area contributed by atoms with Crippen LogP contribution in [0.1, 0.15) is 0 Å². The van der Waals surface area contributed by atoms with Crippen molar-refractivity contribution >= 4 is 5.78 Å². The summed E-state index contributed by atoms with van der Waals surface area (Å²) < 4.78 is 1.84. The maximum atomic E-state index is 4.22. The molecule has 0 fully saturated rings. The second kappa shape index (κ2) is 2.22. The Kier molecular flexibility index (Phi) is 1.11. The third-order valence-electron chi connectivity index (χ3n) is 1.85. The van der Waals surface area contributed by atoms with Crippen molar-refractivity contribution in [3.8, 4) is 11.4 Å². The second-order valence-corrected chi connectivity index (χ2v) is 2.69. The summed E-state index contributed by atoms with van der Waals surface area (Å²) in [7, 11) is 0. The molecule has 0 unspecified atom stereocenters. The lowest BCUT2D eigenvalue weighted by atomic mass is 10.3. The van der Waals surface area contributed by atoms with Gasteiger partial charge in [0.05, 0.1) is 11.8 Å². The first-order valence-electron chi connectivity index (χ1n) is 3.84. The predicted octanol–water partition coefficient (Wildman–Crippen LogP) is 0.624.